The zero-order valence-corrected chi connectivity index (χ0v) is 11.7. The summed E-state index contributed by atoms with van der Waals surface area (Å²) in [6, 6.07) is 3.54. The summed E-state index contributed by atoms with van der Waals surface area (Å²) in [5.41, 5.74) is 0.855. The molecule has 1 aromatic heterocycles. The van der Waals surface area contributed by atoms with Crippen LogP contribution in [0, 0.1) is 10.1 Å². The maximum absolute atomic E-state index is 10.8. The van der Waals surface area contributed by atoms with Crippen molar-refractivity contribution in [3.63, 3.8) is 0 Å². The Kier molecular flexibility index (Phi) is 5.88. The molecule has 0 aromatic carbocycles. The van der Waals surface area contributed by atoms with Gasteiger partial charge in [-0.15, -0.1) is 0 Å². The van der Waals surface area contributed by atoms with Gasteiger partial charge >= 0.3 is 0 Å². The Bertz CT molecular complexity index is 450. The predicted octanol–water partition coefficient (Wildman–Crippen LogP) is 1.89. The van der Waals surface area contributed by atoms with Crippen molar-refractivity contribution < 1.29 is 4.92 Å². The van der Waals surface area contributed by atoms with Crippen LogP contribution in [-0.2, 0) is 6.54 Å². The average molecular weight is 285 g/mol. The molecule has 1 unspecified atom stereocenters. The summed E-state index contributed by atoms with van der Waals surface area (Å²) in [7, 11) is 1.67. The Labute approximate surface area is 117 Å². The zero-order chi connectivity index (χ0) is 14.4. The first kappa shape index (κ1) is 15.6. The number of hydrogen-bond acceptors (Lipinski definition) is 5. The quantitative estimate of drug-likeness (QED) is 0.358. The van der Waals surface area contributed by atoms with Gasteiger partial charge in [-0.25, -0.2) is 4.98 Å². The number of nitrogens with one attached hydrogen (secondary N) is 1. The molecule has 0 bridgehead atoms. The molecule has 0 aliphatic heterocycles. The molecule has 0 aliphatic rings. The highest BCUT2D eigenvalue weighted by atomic mass is 35.5. The number of nitrogens with zero attached hydrogens (tertiary/aromatic N) is 3. The molecule has 0 amide bonds. The third-order valence-corrected chi connectivity index (χ3v) is 2.99. The number of hydrogen-bond donors (Lipinski definition) is 1. The number of nitro groups is 1. The van der Waals surface area contributed by atoms with Crippen molar-refractivity contribution in [1.29, 1.82) is 0 Å². The van der Waals surface area contributed by atoms with E-state index in [1.54, 1.807) is 19.3 Å². The lowest BCUT2D eigenvalue weighted by Crippen LogP contribution is -2.46. The molecule has 104 valence electrons. The van der Waals surface area contributed by atoms with E-state index in [2.05, 4.69) is 16.9 Å². The topological polar surface area (TPSA) is 71.3 Å². The van der Waals surface area contributed by atoms with Crippen LogP contribution in [0.2, 0.25) is 5.15 Å². The molecule has 1 aromatic rings. The van der Waals surface area contributed by atoms with E-state index in [4.69, 9.17) is 11.6 Å². The number of rotatable bonds is 7. The Morgan fingerprint density at radius 1 is 1.68 bits per heavy atom. The molecule has 1 heterocycles. The standard InChI is InChI=1S/C12H17ClN4O2/c1-4-16(12(14-3)9(2)17(18)19)8-10-5-6-11(13)15-7-10/h5-7,12,14H,2,4,8H2,1,3H3. The highest BCUT2D eigenvalue weighted by Crippen LogP contribution is 2.13. The van der Waals surface area contributed by atoms with Gasteiger partial charge in [0.25, 0.3) is 5.70 Å². The average Bonchev–Trinajstić information content (AvgIpc) is 2.40. The van der Waals surface area contributed by atoms with Crippen molar-refractivity contribution in [2.24, 2.45) is 0 Å². The van der Waals surface area contributed by atoms with E-state index in [0.717, 1.165) is 5.56 Å². The molecule has 1 N–H and O–H groups in total. The minimum Gasteiger partial charge on any atom is -0.296 e. The number of halogens is 1. The van der Waals surface area contributed by atoms with Crippen LogP contribution in [-0.4, -0.2) is 34.6 Å². The van der Waals surface area contributed by atoms with E-state index in [1.165, 1.54) is 0 Å². The van der Waals surface area contributed by atoms with E-state index in [-0.39, 0.29) is 5.70 Å². The van der Waals surface area contributed by atoms with Crippen LogP contribution in [0.15, 0.2) is 30.6 Å². The number of likely N-dealkylation sites (N-methyl/N-ethyl adjacent to an activating group) is 2. The van der Waals surface area contributed by atoms with Crippen LogP contribution in [0.4, 0.5) is 0 Å². The fourth-order valence-corrected chi connectivity index (χ4v) is 1.89. The van der Waals surface area contributed by atoms with E-state index in [0.29, 0.717) is 18.2 Å². The highest BCUT2D eigenvalue weighted by Gasteiger charge is 2.26. The maximum atomic E-state index is 10.8. The minimum absolute atomic E-state index is 0.0775. The van der Waals surface area contributed by atoms with Gasteiger partial charge in [0.15, 0.2) is 6.17 Å². The van der Waals surface area contributed by atoms with E-state index >= 15 is 0 Å². The van der Waals surface area contributed by atoms with E-state index in [9.17, 15) is 10.1 Å². The zero-order valence-electron chi connectivity index (χ0n) is 11.0. The molecule has 1 rings (SSSR count). The third kappa shape index (κ3) is 4.27. The molecule has 0 saturated carbocycles. The summed E-state index contributed by atoms with van der Waals surface area (Å²) >= 11 is 5.72. The first-order valence-electron chi connectivity index (χ1n) is 5.84. The molecular formula is C12H17ClN4O2. The second kappa shape index (κ2) is 7.18. The van der Waals surface area contributed by atoms with Gasteiger partial charge in [-0.3, -0.25) is 20.3 Å². The fraction of sp³-hybridized carbons (Fsp3) is 0.417. The molecule has 0 aliphatic carbocycles. The largest absolute Gasteiger partial charge is 0.296 e. The number of aromatic nitrogens is 1. The lowest BCUT2D eigenvalue weighted by atomic mass is 10.2. The van der Waals surface area contributed by atoms with Crippen LogP contribution in [0.5, 0.6) is 0 Å². The van der Waals surface area contributed by atoms with Gasteiger partial charge in [-0.05, 0) is 31.8 Å². The van der Waals surface area contributed by atoms with Crippen LogP contribution < -0.4 is 5.32 Å². The second-order valence-corrected chi connectivity index (χ2v) is 4.38. The van der Waals surface area contributed by atoms with Crippen LogP contribution in [0.1, 0.15) is 12.5 Å². The van der Waals surface area contributed by atoms with E-state index in [1.807, 2.05) is 17.9 Å². The predicted molar refractivity (Wildman–Crippen MR) is 74.3 cm³/mol. The summed E-state index contributed by atoms with van der Waals surface area (Å²) in [5.74, 6) is 0. The molecular weight excluding hydrogens is 268 g/mol. The van der Waals surface area contributed by atoms with Gasteiger partial charge in [0.05, 0.1) is 4.92 Å². The summed E-state index contributed by atoms with van der Waals surface area (Å²) < 4.78 is 0. The summed E-state index contributed by atoms with van der Waals surface area (Å²) in [6.45, 7) is 6.61. The molecule has 0 radical (unpaired) electrons. The van der Waals surface area contributed by atoms with E-state index < -0.39 is 11.1 Å². The lowest BCUT2D eigenvalue weighted by molar-refractivity contribution is -0.433. The molecule has 0 spiro atoms. The van der Waals surface area contributed by atoms with Crippen molar-refractivity contribution in [3.8, 4) is 0 Å². The molecule has 0 saturated heterocycles. The van der Waals surface area contributed by atoms with Crippen LogP contribution >= 0.6 is 11.6 Å². The van der Waals surface area contributed by atoms with Crippen molar-refractivity contribution in [3.05, 3.63) is 51.4 Å². The van der Waals surface area contributed by atoms with Crippen molar-refractivity contribution in [2.45, 2.75) is 19.6 Å². The SMILES string of the molecule is C=C(C(NC)N(CC)Cc1ccc(Cl)nc1)[N+](=O)[O-]. The van der Waals surface area contributed by atoms with Crippen LogP contribution in [0.25, 0.3) is 0 Å². The molecule has 0 fully saturated rings. The van der Waals surface area contributed by atoms with Gasteiger partial charge in [-0.2, -0.15) is 0 Å². The summed E-state index contributed by atoms with van der Waals surface area (Å²) in [6.07, 6.45) is 1.14. The van der Waals surface area contributed by atoms with Crippen LogP contribution in [0.3, 0.4) is 0 Å². The maximum Gasteiger partial charge on any atom is 0.270 e. The first-order valence-corrected chi connectivity index (χ1v) is 6.22. The Balaban J connectivity index is 2.83. The molecule has 7 heteroatoms. The smallest absolute Gasteiger partial charge is 0.270 e. The molecule has 19 heavy (non-hydrogen) atoms. The number of pyridine rings is 1. The van der Waals surface area contributed by atoms with Gasteiger partial charge in [-0.1, -0.05) is 24.6 Å². The molecule has 1 atom stereocenters. The van der Waals surface area contributed by atoms with Gasteiger partial charge in [0.2, 0.25) is 0 Å². The normalized spacial score (nSPS) is 12.4. The van der Waals surface area contributed by atoms with Gasteiger partial charge in [0.1, 0.15) is 5.15 Å². The van der Waals surface area contributed by atoms with Crippen molar-refractivity contribution in [2.75, 3.05) is 13.6 Å². The van der Waals surface area contributed by atoms with Gasteiger partial charge < -0.3 is 0 Å². The summed E-state index contributed by atoms with van der Waals surface area (Å²) in [5, 5.41) is 14.2. The van der Waals surface area contributed by atoms with Crippen molar-refractivity contribution in [1.82, 2.24) is 15.2 Å². The molecule has 6 nitrogen and oxygen atoms in total. The third-order valence-electron chi connectivity index (χ3n) is 2.77. The Morgan fingerprint density at radius 2 is 2.37 bits per heavy atom. The Morgan fingerprint density at radius 3 is 2.79 bits per heavy atom. The Hall–Kier alpha value is -1.50. The highest BCUT2D eigenvalue weighted by molar-refractivity contribution is 6.29. The van der Waals surface area contributed by atoms with Crippen molar-refractivity contribution >= 4 is 11.6 Å². The minimum atomic E-state index is -0.518. The second-order valence-electron chi connectivity index (χ2n) is 3.99. The lowest BCUT2D eigenvalue weighted by Gasteiger charge is -2.27. The first-order chi connectivity index (χ1) is 8.99. The fourth-order valence-electron chi connectivity index (χ4n) is 1.78. The monoisotopic (exact) mass is 284 g/mol. The van der Waals surface area contributed by atoms with Gasteiger partial charge in [0, 0.05) is 12.7 Å². The summed E-state index contributed by atoms with van der Waals surface area (Å²) in [4.78, 5) is 16.3.